The Morgan fingerprint density at radius 3 is 2.44 bits per heavy atom. The normalized spacial score (nSPS) is 15.2. The van der Waals surface area contributed by atoms with E-state index in [9.17, 15) is 4.79 Å². The third-order valence-corrected chi connectivity index (χ3v) is 2.81. The monoisotopic (exact) mass is 219 g/mol. The Bertz CT molecular complexity index is 355. The van der Waals surface area contributed by atoms with Crippen LogP contribution in [0.25, 0.3) is 0 Å². The molecule has 0 spiro atoms. The average molecular weight is 219 g/mol. The summed E-state index contributed by atoms with van der Waals surface area (Å²) in [7, 11) is 0. The maximum absolute atomic E-state index is 11.1. The summed E-state index contributed by atoms with van der Waals surface area (Å²) in [5.41, 5.74) is 7.26. The van der Waals surface area contributed by atoms with Gasteiger partial charge in [0.15, 0.2) is 0 Å². The highest BCUT2D eigenvalue weighted by Gasteiger charge is 2.11. The minimum atomic E-state index is -0.158. The van der Waals surface area contributed by atoms with Crippen molar-refractivity contribution >= 4 is 17.3 Å². The Kier molecular flexibility index (Phi) is 3.41. The molecule has 16 heavy (non-hydrogen) atoms. The number of carbonyl (C=O) groups is 1. The summed E-state index contributed by atoms with van der Waals surface area (Å²) in [6, 6.07) is 7.91. The van der Waals surface area contributed by atoms with Crippen LogP contribution in [0.5, 0.6) is 0 Å². The summed E-state index contributed by atoms with van der Waals surface area (Å²) >= 11 is 0. The fourth-order valence-corrected chi connectivity index (χ4v) is 1.94. The summed E-state index contributed by atoms with van der Waals surface area (Å²) in [4.78, 5) is 13.4. The third kappa shape index (κ3) is 2.52. The lowest BCUT2D eigenvalue weighted by atomic mass is 10.2. The van der Waals surface area contributed by atoms with Crippen LogP contribution in [0.1, 0.15) is 12.8 Å². The summed E-state index contributed by atoms with van der Waals surface area (Å²) in [6.45, 7) is 2.29. The lowest BCUT2D eigenvalue weighted by molar-refractivity contribution is -0.114. The van der Waals surface area contributed by atoms with Gasteiger partial charge >= 0.3 is 0 Å². The highest BCUT2D eigenvalue weighted by Crippen LogP contribution is 2.21. The minimum absolute atomic E-state index is 0.0217. The molecule has 4 nitrogen and oxygen atoms in total. The van der Waals surface area contributed by atoms with E-state index in [1.54, 1.807) is 0 Å². The van der Waals surface area contributed by atoms with Crippen LogP contribution in [0.2, 0.25) is 0 Å². The zero-order valence-electron chi connectivity index (χ0n) is 9.28. The van der Waals surface area contributed by atoms with E-state index < -0.39 is 0 Å². The SMILES string of the molecule is NCC(=O)Nc1ccc(N2CCCC2)cc1. The van der Waals surface area contributed by atoms with Gasteiger partial charge in [0.05, 0.1) is 6.54 Å². The Balaban J connectivity index is 2.01. The van der Waals surface area contributed by atoms with E-state index in [-0.39, 0.29) is 12.5 Å². The van der Waals surface area contributed by atoms with Crippen LogP contribution in [0.3, 0.4) is 0 Å². The Labute approximate surface area is 95.4 Å². The van der Waals surface area contributed by atoms with Crippen LogP contribution in [-0.2, 0) is 4.79 Å². The predicted molar refractivity (Wildman–Crippen MR) is 65.6 cm³/mol. The predicted octanol–water partition coefficient (Wildman–Crippen LogP) is 1.18. The first-order valence-electron chi connectivity index (χ1n) is 5.64. The maximum Gasteiger partial charge on any atom is 0.238 e. The molecular formula is C12H17N3O. The highest BCUT2D eigenvalue weighted by atomic mass is 16.1. The summed E-state index contributed by atoms with van der Waals surface area (Å²) in [5.74, 6) is -0.158. The maximum atomic E-state index is 11.1. The van der Waals surface area contributed by atoms with Crippen molar-refractivity contribution in [3.8, 4) is 0 Å². The van der Waals surface area contributed by atoms with Crippen molar-refractivity contribution in [2.45, 2.75) is 12.8 Å². The molecule has 86 valence electrons. The summed E-state index contributed by atoms with van der Waals surface area (Å²) in [5, 5.41) is 2.73. The van der Waals surface area contributed by atoms with Gasteiger partial charge < -0.3 is 16.0 Å². The van der Waals surface area contributed by atoms with Crippen LogP contribution >= 0.6 is 0 Å². The van der Waals surface area contributed by atoms with Crippen molar-refractivity contribution in [2.75, 3.05) is 29.9 Å². The number of rotatable bonds is 3. The molecule has 1 heterocycles. The molecule has 1 aliphatic rings. The number of anilines is 2. The number of amides is 1. The standard InChI is InChI=1S/C12H17N3O/c13-9-12(16)14-10-3-5-11(6-4-10)15-7-1-2-8-15/h3-6H,1-2,7-9,13H2,(H,14,16). The third-order valence-electron chi connectivity index (χ3n) is 2.81. The van der Waals surface area contributed by atoms with E-state index in [2.05, 4.69) is 10.2 Å². The molecule has 0 aliphatic carbocycles. The van der Waals surface area contributed by atoms with Crippen LogP contribution in [-0.4, -0.2) is 25.5 Å². The van der Waals surface area contributed by atoms with Crippen LogP contribution in [0.4, 0.5) is 11.4 Å². The zero-order chi connectivity index (χ0) is 11.4. The Morgan fingerprint density at radius 2 is 1.88 bits per heavy atom. The smallest absolute Gasteiger partial charge is 0.238 e. The van der Waals surface area contributed by atoms with Gasteiger partial charge in [0.25, 0.3) is 0 Å². The fourth-order valence-electron chi connectivity index (χ4n) is 1.94. The van der Waals surface area contributed by atoms with Crippen LogP contribution in [0.15, 0.2) is 24.3 Å². The summed E-state index contributed by atoms with van der Waals surface area (Å²) in [6.07, 6.45) is 2.54. The number of nitrogens with two attached hydrogens (primary N) is 1. The van der Waals surface area contributed by atoms with Gasteiger partial charge in [-0.05, 0) is 37.1 Å². The molecule has 1 fully saturated rings. The summed E-state index contributed by atoms with van der Waals surface area (Å²) < 4.78 is 0. The van der Waals surface area contributed by atoms with Gasteiger partial charge in [-0.1, -0.05) is 0 Å². The molecule has 0 atom stereocenters. The van der Waals surface area contributed by atoms with Gasteiger partial charge in [-0.2, -0.15) is 0 Å². The molecule has 0 bridgehead atoms. The first-order valence-corrected chi connectivity index (χ1v) is 5.64. The Morgan fingerprint density at radius 1 is 1.25 bits per heavy atom. The molecule has 1 saturated heterocycles. The number of nitrogens with one attached hydrogen (secondary N) is 1. The lowest BCUT2D eigenvalue weighted by Gasteiger charge is -2.17. The van der Waals surface area contributed by atoms with Gasteiger partial charge in [0.1, 0.15) is 0 Å². The molecule has 0 radical (unpaired) electrons. The second kappa shape index (κ2) is 4.99. The number of nitrogens with zero attached hydrogens (tertiary/aromatic N) is 1. The van der Waals surface area contributed by atoms with Gasteiger partial charge in [-0.25, -0.2) is 0 Å². The van der Waals surface area contributed by atoms with Crippen molar-refractivity contribution < 1.29 is 4.79 Å². The molecule has 3 N–H and O–H groups in total. The van der Waals surface area contributed by atoms with Gasteiger partial charge in [0, 0.05) is 24.5 Å². The van der Waals surface area contributed by atoms with Crippen molar-refractivity contribution in [3.63, 3.8) is 0 Å². The molecule has 1 amide bonds. The fraction of sp³-hybridized carbons (Fsp3) is 0.417. The van der Waals surface area contributed by atoms with Crippen molar-refractivity contribution in [1.82, 2.24) is 0 Å². The van der Waals surface area contributed by atoms with E-state index in [1.165, 1.54) is 18.5 Å². The van der Waals surface area contributed by atoms with Crippen molar-refractivity contribution in [3.05, 3.63) is 24.3 Å². The minimum Gasteiger partial charge on any atom is -0.372 e. The quantitative estimate of drug-likeness (QED) is 0.802. The zero-order valence-corrected chi connectivity index (χ0v) is 9.28. The molecule has 0 aromatic heterocycles. The topological polar surface area (TPSA) is 58.4 Å². The highest BCUT2D eigenvalue weighted by molar-refractivity contribution is 5.92. The van der Waals surface area contributed by atoms with Gasteiger partial charge in [-0.3, -0.25) is 4.79 Å². The number of hydrogen-bond donors (Lipinski definition) is 2. The first kappa shape index (κ1) is 11.0. The van der Waals surface area contributed by atoms with Crippen LogP contribution < -0.4 is 16.0 Å². The average Bonchev–Trinajstić information content (AvgIpc) is 2.83. The second-order valence-electron chi connectivity index (χ2n) is 3.99. The van der Waals surface area contributed by atoms with Gasteiger partial charge in [-0.15, -0.1) is 0 Å². The molecular weight excluding hydrogens is 202 g/mol. The van der Waals surface area contributed by atoms with E-state index in [0.29, 0.717) is 0 Å². The molecule has 0 saturated carbocycles. The van der Waals surface area contributed by atoms with E-state index >= 15 is 0 Å². The lowest BCUT2D eigenvalue weighted by Crippen LogP contribution is -2.22. The molecule has 0 unspecified atom stereocenters. The van der Waals surface area contributed by atoms with E-state index in [4.69, 9.17) is 5.73 Å². The number of hydrogen-bond acceptors (Lipinski definition) is 3. The van der Waals surface area contributed by atoms with Crippen LogP contribution in [0, 0.1) is 0 Å². The van der Waals surface area contributed by atoms with Crippen molar-refractivity contribution in [2.24, 2.45) is 5.73 Å². The molecule has 1 aromatic carbocycles. The Hall–Kier alpha value is -1.55. The molecule has 1 aromatic rings. The van der Waals surface area contributed by atoms with E-state index in [0.717, 1.165) is 18.8 Å². The van der Waals surface area contributed by atoms with Gasteiger partial charge in [0.2, 0.25) is 5.91 Å². The number of carbonyl (C=O) groups excluding carboxylic acids is 1. The van der Waals surface area contributed by atoms with Crippen molar-refractivity contribution in [1.29, 1.82) is 0 Å². The molecule has 1 aliphatic heterocycles. The number of benzene rings is 1. The molecule has 2 rings (SSSR count). The van der Waals surface area contributed by atoms with E-state index in [1.807, 2.05) is 24.3 Å². The largest absolute Gasteiger partial charge is 0.372 e. The second-order valence-corrected chi connectivity index (χ2v) is 3.99. The first-order chi connectivity index (χ1) is 7.79. The molecule has 4 heteroatoms.